The van der Waals surface area contributed by atoms with Gasteiger partial charge >= 0.3 is 5.97 Å². The van der Waals surface area contributed by atoms with Gasteiger partial charge in [0.05, 0.1) is 0 Å². The summed E-state index contributed by atoms with van der Waals surface area (Å²) in [7, 11) is 0. The molecular formula is C13H18O2. The Kier molecular flexibility index (Phi) is 4.35. The van der Waals surface area contributed by atoms with Crippen molar-refractivity contribution in [3.8, 4) is 0 Å². The monoisotopic (exact) mass is 206 g/mol. The van der Waals surface area contributed by atoms with Crippen LogP contribution in [-0.2, 0) is 9.53 Å². The van der Waals surface area contributed by atoms with Crippen molar-refractivity contribution in [2.45, 2.75) is 39.7 Å². The zero-order valence-electron chi connectivity index (χ0n) is 9.62. The molecule has 15 heavy (non-hydrogen) atoms. The normalized spacial score (nSPS) is 12.2. The Labute approximate surface area is 91.3 Å². The highest BCUT2D eigenvalue weighted by Gasteiger charge is 2.10. The van der Waals surface area contributed by atoms with E-state index in [2.05, 4.69) is 0 Å². The minimum absolute atomic E-state index is 0.119. The summed E-state index contributed by atoms with van der Waals surface area (Å²) in [6.07, 6.45) is 1.18. The summed E-state index contributed by atoms with van der Waals surface area (Å²) in [5.41, 5.74) is 2.24. The lowest BCUT2D eigenvalue weighted by atomic mass is 10.1. The highest BCUT2D eigenvalue weighted by atomic mass is 16.5. The maximum atomic E-state index is 11.3. The summed E-state index contributed by atoms with van der Waals surface area (Å²) in [5.74, 6) is -0.119. The van der Waals surface area contributed by atoms with Crippen LogP contribution in [-0.4, -0.2) is 5.97 Å². The summed E-state index contributed by atoms with van der Waals surface area (Å²) in [6, 6.07) is 8.04. The summed E-state index contributed by atoms with van der Waals surface area (Å²) >= 11 is 0. The molecule has 2 nitrogen and oxygen atoms in total. The second-order valence-corrected chi connectivity index (χ2v) is 3.80. The summed E-state index contributed by atoms with van der Waals surface area (Å²) in [5, 5.41) is 0. The van der Waals surface area contributed by atoms with E-state index in [4.69, 9.17) is 4.74 Å². The van der Waals surface area contributed by atoms with Gasteiger partial charge in [-0.15, -0.1) is 0 Å². The van der Waals surface area contributed by atoms with E-state index in [1.807, 2.05) is 45.0 Å². The van der Waals surface area contributed by atoms with Gasteiger partial charge in [-0.05, 0) is 25.8 Å². The van der Waals surface area contributed by atoms with Gasteiger partial charge in [0.25, 0.3) is 0 Å². The molecule has 0 amide bonds. The van der Waals surface area contributed by atoms with Gasteiger partial charge in [-0.2, -0.15) is 0 Å². The zero-order chi connectivity index (χ0) is 11.3. The molecule has 1 aromatic carbocycles. The Balaban J connectivity index is 2.60. The summed E-state index contributed by atoms with van der Waals surface area (Å²) in [6.45, 7) is 5.91. The van der Waals surface area contributed by atoms with Crippen molar-refractivity contribution in [3.05, 3.63) is 35.4 Å². The molecule has 0 aliphatic heterocycles. The lowest BCUT2D eigenvalue weighted by Gasteiger charge is -2.13. The molecule has 0 heterocycles. The van der Waals surface area contributed by atoms with Crippen molar-refractivity contribution >= 4 is 5.97 Å². The van der Waals surface area contributed by atoms with Crippen LogP contribution in [0.2, 0.25) is 0 Å². The average molecular weight is 206 g/mol. The van der Waals surface area contributed by atoms with E-state index >= 15 is 0 Å². The first-order valence-electron chi connectivity index (χ1n) is 5.39. The van der Waals surface area contributed by atoms with Crippen LogP contribution >= 0.6 is 0 Å². The molecule has 82 valence electrons. The van der Waals surface area contributed by atoms with E-state index in [0.29, 0.717) is 6.42 Å². The van der Waals surface area contributed by atoms with Crippen molar-refractivity contribution in [1.29, 1.82) is 0 Å². The van der Waals surface area contributed by atoms with Crippen LogP contribution < -0.4 is 0 Å². The maximum Gasteiger partial charge on any atom is 0.306 e. The highest BCUT2D eigenvalue weighted by molar-refractivity contribution is 5.69. The Morgan fingerprint density at radius 3 is 2.80 bits per heavy atom. The van der Waals surface area contributed by atoms with Crippen LogP contribution in [0.5, 0.6) is 0 Å². The first-order chi connectivity index (χ1) is 7.13. The molecule has 0 radical (unpaired) electrons. The standard InChI is InChI=1S/C13H18O2/c1-4-6-13(14)15-11(3)12-8-5-7-10(2)9-12/h5,7-9,11H,4,6H2,1-3H3/t11-/m1/s1. The van der Waals surface area contributed by atoms with E-state index in [0.717, 1.165) is 12.0 Å². The third kappa shape index (κ3) is 3.74. The van der Waals surface area contributed by atoms with E-state index in [1.165, 1.54) is 5.56 Å². The van der Waals surface area contributed by atoms with Gasteiger partial charge in [-0.25, -0.2) is 0 Å². The molecule has 0 aliphatic rings. The molecule has 0 fully saturated rings. The van der Waals surface area contributed by atoms with Crippen LogP contribution in [0.1, 0.15) is 43.9 Å². The number of benzene rings is 1. The third-order valence-electron chi connectivity index (χ3n) is 2.27. The Morgan fingerprint density at radius 2 is 2.20 bits per heavy atom. The van der Waals surface area contributed by atoms with Crippen molar-refractivity contribution in [1.82, 2.24) is 0 Å². The molecule has 0 unspecified atom stereocenters. The van der Waals surface area contributed by atoms with Gasteiger partial charge in [-0.3, -0.25) is 4.79 Å². The second-order valence-electron chi connectivity index (χ2n) is 3.80. The molecule has 0 saturated carbocycles. The summed E-state index contributed by atoms with van der Waals surface area (Å²) < 4.78 is 5.29. The maximum absolute atomic E-state index is 11.3. The van der Waals surface area contributed by atoms with Gasteiger partial charge in [-0.1, -0.05) is 36.8 Å². The van der Waals surface area contributed by atoms with E-state index in [9.17, 15) is 4.79 Å². The number of rotatable bonds is 4. The van der Waals surface area contributed by atoms with Gasteiger partial charge in [0.2, 0.25) is 0 Å². The fraction of sp³-hybridized carbons (Fsp3) is 0.462. The molecule has 1 aromatic rings. The molecule has 1 atom stereocenters. The predicted octanol–water partition coefficient (Wildman–Crippen LogP) is 3.40. The second kappa shape index (κ2) is 5.54. The fourth-order valence-corrected chi connectivity index (χ4v) is 1.45. The largest absolute Gasteiger partial charge is 0.458 e. The number of aryl methyl sites for hydroxylation is 1. The van der Waals surface area contributed by atoms with E-state index < -0.39 is 0 Å². The molecule has 0 saturated heterocycles. The van der Waals surface area contributed by atoms with Crippen LogP contribution in [0.3, 0.4) is 0 Å². The van der Waals surface area contributed by atoms with Crippen LogP contribution in [0, 0.1) is 6.92 Å². The third-order valence-corrected chi connectivity index (χ3v) is 2.27. The molecule has 0 N–H and O–H groups in total. The predicted molar refractivity (Wildman–Crippen MR) is 60.6 cm³/mol. The number of carbonyl (C=O) groups excluding carboxylic acids is 1. The van der Waals surface area contributed by atoms with Gasteiger partial charge in [0, 0.05) is 6.42 Å². The zero-order valence-corrected chi connectivity index (χ0v) is 9.62. The summed E-state index contributed by atoms with van der Waals surface area (Å²) in [4.78, 5) is 11.3. The quantitative estimate of drug-likeness (QED) is 0.706. The number of ether oxygens (including phenoxy) is 1. The Bertz CT molecular complexity index is 331. The number of esters is 1. The number of hydrogen-bond acceptors (Lipinski definition) is 2. The molecule has 0 bridgehead atoms. The smallest absolute Gasteiger partial charge is 0.306 e. The Morgan fingerprint density at radius 1 is 1.47 bits per heavy atom. The average Bonchev–Trinajstić information content (AvgIpc) is 2.18. The lowest BCUT2D eigenvalue weighted by Crippen LogP contribution is -2.08. The van der Waals surface area contributed by atoms with Crippen molar-refractivity contribution in [2.24, 2.45) is 0 Å². The molecule has 0 aliphatic carbocycles. The number of carbonyl (C=O) groups is 1. The lowest BCUT2D eigenvalue weighted by molar-refractivity contribution is -0.148. The topological polar surface area (TPSA) is 26.3 Å². The number of hydrogen-bond donors (Lipinski definition) is 0. The molecule has 0 spiro atoms. The van der Waals surface area contributed by atoms with Crippen LogP contribution in [0.25, 0.3) is 0 Å². The van der Waals surface area contributed by atoms with Gasteiger partial charge in [0.15, 0.2) is 0 Å². The fourth-order valence-electron chi connectivity index (χ4n) is 1.45. The minimum atomic E-state index is -0.149. The first kappa shape index (κ1) is 11.8. The van der Waals surface area contributed by atoms with Gasteiger partial charge < -0.3 is 4.74 Å². The van der Waals surface area contributed by atoms with Crippen LogP contribution in [0.4, 0.5) is 0 Å². The molecule has 0 aromatic heterocycles. The van der Waals surface area contributed by atoms with Crippen molar-refractivity contribution in [3.63, 3.8) is 0 Å². The van der Waals surface area contributed by atoms with Crippen molar-refractivity contribution in [2.75, 3.05) is 0 Å². The van der Waals surface area contributed by atoms with E-state index in [1.54, 1.807) is 0 Å². The SMILES string of the molecule is CCCC(=O)O[C@H](C)c1cccc(C)c1. The van der Waals surface area contributed by atoms with E-state index in [-0.39, 0.29) is 12.1 Å². The minimum Gasteiger partial charge on any atom is -0.458 e. The highest BCUT2D eigenvalue weighted by Crippen LogP contribution is 2.18. The molecule has 2 heteroatoms. The first-order valence-corrected chi connectivity index (χ1v) is 5.39. The Hall–Kier alpha value is -1.31. The van der Waals surface area contributed by atoms with Gasteiger partial charge in [0.1, 0.15) is 6.10 Å². The van der Waals surface area contributed by atoms with Crippen LogP contribution in [0.15, 0.2) is 24.3 Å². The molecular weight excluding hydrogens is 188 g/mol. The molecule has 1 rings (SSSR count). The van der Waals surface area contributed by atoms with Crippen molar-refractivity contribution < 1.29 is 9.53 Å².